The van der Waals surface area contributed by atoms with Gasteiger partial charge in [0.2, 0.25) is 0 Å². The molecular formula is C19H20N4O6. The minimum atomic E-state index is -0.724. The van der Waals surface area contributed by atoms with Crippen LogP contribution in [0, 0.1) is 6.92 Å². The Kier molecular flexibility index (Phi) is 6.03. The van der Waals surface area contributed by atoms with Gasteiger partial charge in [-0.25, -0.2) is 9.48 Å². The van der Waals surface area contributed by atoms with Crippen molar-refractivity contribution < 1.29 is 23.6 Å². The Balaban J connectivity index is 2.02. The molecule has 3 rings (SSSR count). The van der Waals surface area contributed by atoms with E-state index in [4.69, 9.17) is 14.0 Å². The van der Waals surface area contributed by atoms with E-state index < -0.39 is 17.5 Å². The predicted octanol–water partition coefficient (Wildman–Crippen LogP) is 1.11. The fourth-order valence-electron chi connectivity index (χ4n) is 2.90. The normalized spacial score (nSPS) is 11.0. The van der Waals surface area contributed by atoms with Crippen molar-refractivity contribution in [3.8, 4) is 0 Å². The summed E-state index contributed by atoms with van der Waals surface area (Å²) >= 11 is 0. The quantitative estimate of drug-likeness (QED) is 0.538. The zero-order valence-corrected chi connectivity index (χ0v) is 16.2. The standard InChI is InChI=1S/C19H20N4O6/c1-12-15-16(21-29-12)18(25)23(20-17(15)19(26)28-3)11-22(10-14(24)27-2)9-13-7-5-4-6-8-13/h4-8H,9-11H2,1-3H3. The van der Waals surface area contributed by atoms with Gasteiger partial charge in [0, 0.05) is 6.54 Å². The highest BCUT2D eigenvalue weighted by atomic mass is 16.5. The number of esters is 2. The van der Waals surface area contributed by atoms with Gasteiger partial charge in [0.15, 0.2) is 11.2 Å². The van der Waals surface area contributed by atoms with Crippen molar-refractivity contribution in [1.82, 2.24) is 19.8 Å². The second-order valence-corrected chi connectivity index (χ2v) is 6.30. The molecule has 0 N–H and O–H groups in total. The molecule has 0 bridgehead atoms. The molecule has 0 saturated heterocycles. The predicted molar refractivity (Wildman–Crippen MR) is 101 cm³/mol. The number of hydrogen-bond donors (Lipinski definition) is 0. The zero-order chi connectivity index (χ0) is 21.0. The van der Waals surface area contributed by atoms with Crippen molar-refractivity contribution in [1.29, 1.82) is 0 Å². The number of benzene rings is 1. The summed E-state index contributed by atoms with van der Waals surface area (Å²) in [4.78, 5) is 38.5. The number of fused-ring (bicyclic) bond motifs is 1. The number of aryl methyl sites for hydroxylation is 1. The molecule has 0 radical (unpaired) electrons. The van der Waals surface area contributed by atoms with E-state index in [1.807, 2.05) is 30.3 Å². The molecule has 10 nitrogen and oxygen atoms in total. The number of nitrogens with zero attached hydrogens (tertiary/aromatic N) is 4. The summed E-state index contributed by atoms with van der Waals surface area (Å²) in [6.07, 6.45) is 0. The maximum atomic E-state index is 12.8. The summed E-state index contributed by atoms with van der Waals surface area (Å²) in [5.74, 6) is -0.911. The lowest BCUT2D eigenvalue weighted by molar-refractivity contribution is -0.142. The summed E-state index contributed by atoms with van der Waals surface area (Å²) in [6.45, 7) is 1.78. The summed E-state index contributed by atoms with van der Waals surface area (Å²) in [7, 11) is 2.50. The molecule has 0 spiro atoms. The second-order valence-electron chi connectivity index (χ2n) is 6.30. The molecule has 0 unspecified atom stereocenters. The number of ether oxygens (including phenoxy) is 2. The number of rotatable bonds is 7. The summed E-state index contributed by atoms with van der Waals surface area (Å²) in [5, 5.41) is 8.12. The van der Waals surface area contributed by atoms with Crippen LogP contribution in [-0.4, -0.2) is 52.5 Å². The van der Waals surface area contributed by atoms with Crippen LogP contribution in [0.25, 0.3) is 10.9 Å². The van der Waals surface area contributed by atoms with Gasteiger partial charge in [-0.15, -0.1) is 0 Å². The molecule has 29 heavy (non-hydrogen) atoms. The number of methoxy groups -OCH3 is 2. The minimum absolute atomic E-state index is 0.0318. The Morgan fingerprint density at radius 2 is 1.90 bits per heavy atom. The first kappa shape index (κ1) is 20.2. The maximum Gasteiger partial charge on any atom is 0.359 e. The van der Waals surface area contributed by atoms with Crippen LogP contribution in [0.15, 0.2) is 39.6 Å². The second kappa shape index (κ2) is 8.65. The Hall–Kier alpha value is -3.53. The van der Waals surface area contributed by atoms with Crippen LogP contribution >= 0.6 is 0 Å². The van der Waals surface area contributed by atoms with E-state index in [0.29, 0.717) is 6.54 Å². The van der Waals surface area contributed by atoms with Crippen molar-refractivity contribution in [3.63, 3.8) is 0 Å². The molecule has 10 heteroatoms. The van der Waals surface area contributed by atoms with Gasteiger partial charge in [0.25, 0.3) is 5.56 Å². The van der Waals surface area contributed by atoms with Crippen LogP contribution in [0.1, 0.15) is 21.8 Å². The van der Waals surface area contributed by atoms with Gasteiger partial charge >= 0.3 is 11.9 Å². The zero-order valence-electron chi connectivity index (χ0n) is 16.2. The lowest BCUT2D eigenvalue weighted by atomic mass is 10.2. The van der Waals surface area contributed by atoms with Crippen molar-refractivity contribution in [2.45, 2.75) is 20.1 Å². The lowest BCUT2D eigenvalue weighted by Gasteiger charge is -2.21. The highest BCUT2D eigenvalue weighted by Crippen LogP contribution is 2.18. The van der Waals surface area contributed by atoms with E-state index in [9.17, 15) is 14.4 Å². The third-order valence-electron chi connectivity index (χ3n) is 4.30. The SMILES string of the molecule is COC(=O)CN(Cc1ccccc1)Cn1nc(C(=O)OC)c2c(C)onc2c1=O. The van der Waals surface area contributed by atoms with Gasteiger partial charge in [-0.2, -0.15) is 5.10 Å². The van der Waals surface area contributed by atoms with Gasteiger partial charge in [0.05, 0.1) is 32.8 Å². The minimum Gasteiger partial charge on any atom is -0.468 e. The first-order chi connectivity index (χ1) is 13.9. The Morgan fingerprint density at radius 1 is 1.17 bits per heavy atom. The fraction of sp³-hybridized carbons (Fsp3) is 0.316. The van der Waals surface area contributed by atoms with Crippen LogP contribution in [0.4, 0.5) is 0 Å². The van der Waals surface area contributed by atoms with Crippen LogP contribution in [0.2, 0.25) is 0 Å². The molecule has 2 heterocycles. The number of aromatic nitrogens is 3. The molecule has 0 atom stereocenters. The average molecular weight is 400 g/mol. The van der Waals surface area contributed by atoms with Crippen molar-refractivity contribution >= 4 is 22.8 Å². The Morgan fingerprint density at radius 3 is 2.55 bits per heavy atom. The maximum absolute atomic E-state index is 12.8. The van der Waals surface area contributed by atoms with Gasteiger partial charge in [-0.3, -0.25) is 14.5 Å². The fourth-order valence-corrected chi connectivity index (χ4v) is 2.90. The molecule has 152 valence electrons. The number of carbonyl (C=O) groups excluding carboxylic acids is 2. The van der Waals surface area contributed by atoms with Gasteiger partial charge in [0.1, 0.15) is 5.76 Å². The number of hydrogen-bond acceptors (Lipinski definition) is 9. The molecule has 3 aromatic rings. The molecule has 2 aromatic heterocycles. The third-order valence-corrected chi connectivity index (χ3v) is 4.30. The summed E-state index contributed by atoms with van der Waals surface area (Å²) in [5.41, 5.74) is 0.262. The van der Waals surface area contributed by atoms with Gasteiger partial charge < -0.3 is 14.0 Å². The molecule has 0 saturated carbocycles. The molecular weight excluding hydrogens is 380 g/mol. The first-order valence-corrected chi connectivity index (χ1v) is 8.73. The largest absolute Gasteiger partial charge is 0.468 e. The van der Waals surface area contributed by atoms with E-state index >= 15 is 0 Å². The van der Waals surface area contributed by atoms with E-state index in [0.717, 1.165) is 10.2 Å². The van der Waals surface area contributed by atoms with E-state index in [-0.39, 0.29) is 35.6 Å². The van der Waals surface area contributed by atoms with E-state index in [1.54, 1.807) is 11.8 Å². The number of carbonyl (C=O) groups is 2. The smallest absolute Gasteiger partial charge is 0.359 e. The topological polar surface area (TPSA) is 117 Å². The highest BCUT2D eigenvalue weighted by Gasteiger charge is 2.24. The molecule has 0 aliphatic rings. The van der Waals surface area contributed by atoms with Crippen LogP contribution < -0.4 is 5.56 Å². The molecule has 0 aliphatic carbocycles. The highest BCUT2D eigenvalue weighted by molar-refractivity contribution is 6.01. The monoisotopic (exact) mass is 400 g/mol. The van der Waals surface area contributed by atoms with E-state index in [2.05, 4.69) is 10.3 Å². The summed E-state index contributed by atoms with van der Waals surface area (Å²) < 4.78 is 15.6. The lowest BCUT2D eigenvalue weighted by Crippen LogP contribution is -2.37. The Labute approximate surface area is 165 Å². The molecule has 1 aromatic carbocycles. The molecule has 0 aliphatic heterocycles. The average Bonchev–Trinajstić information content (AvgIpc) is 3.12. The van der Waals surface area contributed by atoms with Crippen LogP contribution in [-0.2, 0) is 27.5 Å². The van der Waals surface area contributed by atoms with Gasteiger partial charge in [-0.05, 0) is 12.5 Å². The van der Waals surface area contributed by atoms with E-state index in [1.165, 1.54) is 14.2 Å². The van der Waals surface area contributed by atoms with Crippen molar-refractivity contribution in [2.24, 2.45) is 0 Å². The van der Waals surface area contributed by atoms with Crippen molar-refractivity contribution in [3.05, 3.63) is 57.7 Å². The molecule has 0 amide bonds. The van der Waals surface area contributed by atoms with Crippen LogP contribution in [0.5, 0.6) is 0 Å². The van der Waals surface area contributed by atoms with Gasteiger partial charge in [-0.1, -0.05) is 35.5 Å². The first-order valence-electron chi connectivity index (χ1n) is 8.73. The molecule has 0 fully saturated rings. The third kappa shape index (κ3) is 4.32. The van der Waals surface area contributed by atoms with Crippen LogP contribution in [0.3, 0.4) is 0 Å². The summed E-state index contributed by atoms with van der Waals surface area (Å²) in [6, 6.07) is 9.41. The Bertz CT molecular complexity index is 1090. The van der Waals surface area contributed by atoms with Crippen molar-refractivity contribution in [2.75, 3.05) is 20.8 Å².